The fourth-order valence-corrected chi connectivity index (χ4v) is 0.966. The number of rotatable bonds is 2. The Morgan fingerprint density at radius 3 is 2.31 bits per heavy atom. The molecule has 1 rings (SSSR count). The van der Waals surface area contributed by atoms with Crippen molar-refractivity contribution < 1.29 is 13.2 Å². The summed E-state index contributed by atoms with van der Waals surface area (Å²) in [7, 11) is 0. The highest BCUT2D eigenvalue weighted by Gasteiger charge is 2.17. The number of benzene rings is 1. The van der Waals surface area contributed by atoms with Crippen molar-refractivity contribution in [1.82, 2.24) is 0 Å². The van der Waals surface area contributed by atoms with Crippen LogP contribution in [-0.2, 0) is 0 Å². The van der Waals surface area contributed by atoms with E-state index in [2.05, 4.69) is 6.58 Å². The molecule has 0 spiro atoms. The van der Waals surface area contributed by atoms with E-state index in [1.54, 1.807) is 0 Å². The molecule has 2 N–H and O–H groups in total. The molecule has 70 valence electrons. The first-order valence-corrected chi connectivity index (χ1v) is 3.59. The highest BCUT2D eigenvalue weighted by Crippen LogP contribution is 2.21. The van der Waals surface area contributed by atoms with Crippen LogP contribution in [-0.4, -0.2) is 0 Å². The van der Waals surface area contributed by atoms with Gasteiger partial charge in [0.05, 0.1) is 6.04 Å². The zero-order chi connectivity index (χ0) is 10.0. The van der Waals surface area contributed by atoms with Gasteiger partial charge in [-0.05, 0) is 12.1 Å². The van der Waals surface area contributed by atoms with Crippen LogP contribution in [0.1, 0.15) is 11.6 Å². The first-order valence-electron chi connectivity index (χ1n) is 3.59. The Kier molecular flexibility index (Phi) is 2.72. The van der Waals surface area contributed by atoms with E-state index >= 15 is 0 Å². The summed E-state index contributed by atoms with van der Waals surface area (Å²) >= 11 is 0. The van der Waals surface area contributed by atoms with Gasteiger partial charge >= 0.3 is 0 Å². The zero-order valence-electron chi connectivity index (χ0n) is 6.73. The molecule has 0 aliphatic rings. The molecule has 0 aliphatic carbocycles. The maximum Gasteiger partial charge on any atom is 0.166 e. The Bertz CT molecular complexity index is 336. The van der Waals surface area contributed by atoms with Crippen molar-refractivity contribution in [1.29, 1.82) is 0 Å². The van der Waals surface area contributed by atoms with Gasteiger partial charge in [0, 0.05) is 5.56 Å². The summed E-state index contributed by atoms with van der Waals surface area (Å²) in [6, 6.07) is 0.511. The first-order chi connectivity index (χ1) is 6.07. The van der Waals surface area contributed by atoms with Crippen molar-refractivity contribution in [3.8, 4) is 0 Å². The van der Waals surface area contributed by atoms with Gasteiger partial charge < -0.3 is 5.73 Å². The van der Waals surface area contributed by atoms with E-state index in [-0.39, 0.29) is 0 Å². The van der Waals surface area contributed by atoms with Gasteiger partial charge in [-0.1, -0.05) is 6.08 Å². The van der Waals surface area contributed by atoms with Gasteiger partial charge in [0.15, 0.2) is 11.6 Å². The van der Waals surface area contributed by atoms with Gasteiger partial charge in [-0.15, -0.1) is 6.58 Å². The fourth-order valence-electron chi connectivity index (χ4n) is 0.966. The maximum absolute atomic E-state index is 13.0. The molecule has 0 aromatic heterocycles. The van der Waals surface area contributed by atoms with E-state index in [1.807, 2.05) is 0 Å². The highest BCUT2D eigenvalue weighted by atomic mass is 19.2. The van der Waals surface area contributed by atoms with E-state index in [0.717, 1.165) is 12.1 Å². The Labute approximate surface area is 73.7 Å². The Morgan fingerprint density at radius 1 is 1.23 bits per heavy atom. The van der Waals surface area contributed by atoms with Crippen LogP contribution in [0.25, 0.3) is 0 Å². The fraction of sp³-hybridized carbons (Fsp3) is 0.111. The predicted octanol–water partition coefficient (Wildman–Crippen LogP) is 2.29. The van der Waals surface area contributed by atoms with E-state index in [0.29, 0.717) is 6.07 Å². The summed E-state index contributed by atoms with van der Waals surface area (Å²) in [6.45, 7) is 3.27. The molecule has 1 aromatic carbocycles. The summed E-state index contributed by atoms with van der Waals surface area (Å²) < 4.78 is 38.5. The van der Waals surface area contributed by atoms with Crippen LogP contribution in [0.5, 0.6) is 0 Å². The molecule has 0 saturated heterocycles. The molecular weight excluding hydrogens is 179 g/mol. The molecule has 1 aromatic rings. The lowest BCUT2D eigenvalue weighted by molar-refractivity contribution is 0.474. The van der Waals surface area contributed by atoms with E-state index in [1.165, 1.54) is 0 Å². The van der Waals surface area contributed by atoms with Gasteiger partial charge in [-0.25, -0.2) is 13.2 Å². The molecule has 0 saturated carbocycles. The maximum atomic E-state index is 13.0. The van der Waals surface area contributed by atoms with Crippen molar-refractivity contribution in [2.75, 3.05) is 0 Å². The SMILES string of the molecule is C=CC(N)c1c(F)ccc(F)c1F. The Hall–Kier alpha value is -1.29. The minimum Gasteiger partial charge on any atom is -0.321 e. The van der Waals surface area contributed by atoms with Crippen molar-refractivity contribution in [2.24, 2.45) is 5.73 Å². The van der Waals surface area contributed by atoms with Gasteiger partial charge in [0.2, 0.25) is 0 Å². The third kappa shape index (κ3) is 1.72. The number of hydrogen-bond donors (Lipinski definition) is 1. The molecule has 4 heteroatoms. The summed E-state index contributed by atoms with van der Waals surface area (Å²) in [4.78, 5) is 0. The van der Waals surface area contributed by atoms with Crippen LogP contribution >= 0.6 is 0 Å². The third-order valence-corrected chi connectivity index (χ3v) is 1.67. The minimum atomic E-state index is -1.26. The summed E-state index contributed by atoms with van der Waals surface area (Å²) in [5.74, 6) is -3.24. The van der Waals surface area contributed by atoms with Gasteiger partial charge in [-0.2, -0.15) is 0 Å². The first kappa shape index (κ1) is 9.80. The average Bonchev–Trinajstić information content (AvgIpc) is 2.12. The lowest BCUT2D eigenvalue weighted by Gasteiger charge is -2.09. The van der Waals surface area contributed by atoms with E-state index in [4.69, 9.17) is 5.73 Å². The molecule has 0 amide bonds. The predicted molar refractivity (Wildman–Crippen MR) is 43.4 cm³/mol. The zero-order valence-corrected chi connectivity index (χ0v) is 6.73. The largest absolute Gasteiger partial charge is 0.321 e. The quantitative estimate of drug-likeness (QED) is 0.558. The van der Waals surface area contributed by atoms with Gasteiger partial charge in [0.1, 0.15) is 5.82 Å². The molecule has 0 fully saturated rings. The number of halogens is 3. The second kappa shape index (κ2) is 3.62. The smallest absolute Gasteiger partial charge is 0.166 e. The van der Waals surface area contributed by atoms with Crippen LogP contribution in [0, 0.1) is 17.5 Å². The summed E-state index contributed by atoms with van der Waals surface area (Å²) in [5.41, 5.74) is 4.81. The van der Waals surface area contributed by atoms with Crippen molar-refractivity contribution in [3.63, 3.8) is 0 Å². The van der Waals surface area contributed by atoms with Crippen molar-refractivity contribution >= 4 is 0 Å². The van der Waals surface area contributed by atoms with E-state index in [9.17, 15) is 13.2 Å². The van der Waals surface area contributed by atoms with Crippen molar-refractivity contribution in [3.05, 3.63) is 47.8 Å². The Morgan fingerprint density at radius 2 is 1.77 bits per heavy atom. The Balaban J connectivity index is 3.32. The number of hydrogen-bond acceptors (Lipinski definition) is 1. The van der Waals surface area contributed by atoms with Gasteiger partial charge in [0.25, 0.3) is 0 Å². The molecular formula is C9H8F3N. The summed E-state index contributed by atoms with van der Waals surface area (Å²) in [5, 5.41) is 0. The molecule has 0 aliphatic heterocycles. The molecule has 0 radical (unpaired) electrons. The monoisotopic (exact) mass is 187 g/mol. The van der Waals surface area contributed by atoms with Crippen LogP contribution in [0.2, 0.25) is 0 Å². The van der Waals surface area contributed by atoms with E-state index < -0.39 is 29.1 Å². The molecule has 0 heterocycles. The molecule has 1 atom stereocenters. The van der Waals surface area contributed by atoms with Crippen molar-refractivity contribution in [2.45, 2.75) is 6.04 Å². The highest BCUT2D eigenvalue weighted by molar-refractivity contribution is 5.26. The molecule has 1 unspecified atom stereocenters. The average molecular weight is 187 g/mol. The topological polar surface area (TPSA) is 26.0 Å². The third-order valence-electron chi connectivity index (χ3n) is 1.67. The molecule has 1 nitrogen and oxygen atoms in total. The summed E-state index contributed by atoms with van der Waals surface area (Å²) in [6.07, 6.45) is 1.14. The second-order valence-corrected chi connectivity index (χ2v) is 2.52. The molecule has 0 bridgehead atoms. The lowest BCUT2D eigenvalue weighted by Crippen LogP contribution is -2.12. The second-order valence-electron chi connectivity index (χ2n) is 2.52. The van der Waals surface area contributed by atoms with Crippen LogP contribution in [0.4, 0.5) is 13.2 Å². The van der Waals surface area contributed by atoms with Crippen LogP contribution < -0.4 is 5.73 Å². The number of nitrogens with two attached hydrogens (primary N) is 1. The van der Waals surface area contributed by atoms with Crippen LogP contribution in [0.3, 0.4) is 0 Å². The van der Waals surface area contributed by atoms with Gasteiger partial charge in [-0.3, -0.25) is 0 Å². The molecule has 13 heavy (non-hydrogen) atoms. The normalized spacial score (nSPS) is 12.6. The van der Waals surface area contributed by atoms with Crippen LogP contribution in [0.15, 0.2) is 24.8 Å². The standard InChI is InChI=1S/C9H8F3N/c1-2-7(13)8-5(10)3-4-6(11)9(8)12/h2-4,7H,1,13H2. The lowest BCUT2D eigenvalue weighted by atomic mass is 10.1. The minimum absolute atomic E-state index is 0.491.